The minimum absolute atomic E-state index is 0.0389. The minimum atomic E-state index is -0.684. The second-order valence-corrected chi connectivity index (χ2v) is 11.9. The van der Waals surface area contributed by atoms with Crippen molar-refractivity contribution in [1.82, 2.24) is 9.80 Å². The summed E-state index contributed by atoms with van der Waals surface area (Å²) < 4.78 is 4.84. The first-order valence-corrected chi connectivity index (χ1v) is 12.7. The number of rotatable bonds is 10. The van der Waals surface area contributed by atoms with E-state index in [0.717, 1.165) is 6.42 Å². The van der Waals surface area contributed by atoms with Crippen molar-refractivity contribution < 1.29 is 24.2 Å². The molecule has 3 aliphatic rings. The molecule has 184 valence electrons. The lowest BCUT2D eigenvalue weighted by Gasteiger charge is -2.44. The first kappa shape index (κ1) is 25.8. The Bertz CT molecular complexity index is 809. The minimum Gasteiger partial charge on any atom is -0.465 e. The molecule has 3 rings (SSSR count). The summed E-state index contributed by atoms with van der Waals surface area (Å²) in [6, 6.07) is -0.684. The van der Waals surface area contributed by atoms with Crippen LogP contribution in [0.15, 0.2) is 25.3 Å². The molecule has 2 amide bonds. The molecule has 8 heteroatoms. The number of hydrogen-bond donors (Lipinski definition) is 1. The first-order valence-electron chi connectivity index (χ1n) is 11.8. The van der Waals surface area contributed by atoms with Gasteiger partial charge in [-0.3, -0.25) is 14.4 Å². The Morgan fingerprint density at radius 3 is 2.61 bits per heavy atom. The average Bonchev–Trinajstić information content (AvgIpc) is 3.33. The Kier molecular flexibility index (Phi) is 7.68. The van der Waals surface area contributed by atoms with Gasteiger partial charge in [-0.05, 0) is 46.0 Å². The summed E-state index contributed by atoms with van der Waals surface area (Å²) in [6.45, 7) is 16.3. The van der Waals surface area contributed by atoms with Gasteiger partial charge < -0.3 is 19.6 Å². The highest BCUT2D eigenvalue weighted by Crippen LogP contribution is 2.68. The molecule has 6 atom stereocenters. The fourth-order valence-corrected chi connectivity index (χ4v) is 8.26. The maximum atomic E-state index is 14.1. The van der Waals surface area contributed by atoms with Gasteiger partial charge in [-0.25, -0.2) is 0 Å². The molecule has 7 nitrogen and oxygen atoms in total. The van der Waals surface area contributed by atoms with Gasteiger partial charge in [0.25, 0.3) is 0 Å². The molecule has 3 unspecified atom stereocenters. The van der Waals surface area contributed by atoms with Gasteiger partial charge in [-0.15, -0.1) is 24.9 Å². The monoisotopic (exact) mass is 478 g/mol. The quantitative estimate of drug-likeness (QED) is 0.295. The second kappa shape index (κ2) is 9.82. The molecule has 3 aliphatic heterocycles. The van der Waals surface area contributed by atoms with E-state index in [1.54, 1.807) is 33.7 Å². The third kappa shape index (κ3) is 4.25. The van der Waals surface area contributed by atoms with Gasteiger partial charge in [-0.1, -0.05) is 19.1 Å². The molecule has 2 bridgehead atoms. The number of hydrogen-bond acceptors (Lipinski definition) is 6. The number of aliphatic hydroxyl groups is 1. The summed E-state index contributed by atoms with van der Waals surface area (Å²) in [6.07, 6.45) is 5.10. The van der Waals surface area contributed by atoms with E-state index < -0.39 is 28.2 Å². The molecule has 3 saturated heterocycles. The van der Waals surface area contributed by atoms with Crippen molar-refractivity contribution in [3.8, 4) is 0 Å². The van der Waals surface area contributed by atoms with Gasteiger partial charge in [0.05, 0.1) is 23.2 Å². The number of amides is 2. The maximum Gasteiger partial charge on any atom is 0.310 e. The zero-order valence-electron chi connectivity index (χ0n) is 20.3. The van der Waals surface area contributed by atoms with Crippen molar-refractivity contribution in [2.75, 3.05) is 26.3 Å². The topological polar surface area (TPSA) is 87.2 Å². The molecule has 0 aromatic rings. The molecular weight excluding hydrogens is 440 g/mol. The highest BCUT2D eigenvalue weighted by Gasteiger charge is 2.76. The molecule has 1 spiro atoms. The molecule has 33 heavy (non-hydrogen) atoms. The van der Waals surface area contributed by atoms with E-state index in [0.29, 0.717) is 19.4 Å². The smallest absolute Gasteiger partial charge is 0.310 e. The largest absolute Gasteiger partial charge is 0.465 e. The van der Waals surface area contributed by atoms with Crippen LogP contribution in [0.25, 0.3) is 0 Å². The van der Waals surface area contributed by atoms with Gasteiger partial charge in [-0.2, -0.15) is 0 Å². The van der Waals surface area contributed by atoms with Crippen LogP contribution in [0, 0.1) is 17.8 Å². The maximum absolute atomic E-state index is 14.1. The van der Waals surface area contributed by atoms with Crippen LogP contribution in [0.2, 0.25) is 0 Å². The summed E-state index contributed by atoms with van der Waals surface area (Å²) in [5.74, 6) is -1.68. The highest BCUT2D eigenvalue weighted by molar-refractivity contribution is 8.02. The lowest BCUT2D eigenvalue weighted by Crippen LogP contribution is -2.60. The molecule has 1 N–H and O–H groups in total. The molecule has 3 fully saturated rings. The average molecular weight is 479 g/mol. The summed E-state index contributed by atoms with van der Waals surface area (Å²) in [5.41, 5.74) is -0.459. The van der Waals surface area contributed by atoms with Crippen LogP contribution in [-0.4, -0.2) is 80.6 Å². The van der Waals surface area contributed by atoms with Gasteiger partial charge in [0, 0.05) is 30.5 Å². The Labute approximate surface area is 201 Å². The van der Waals surface area contributed by atoms with E-state index in [9.17, 15) is 19.5 Å². The normalized spacial score (nSPS) is 32.6. The molecular formula is C25H38N2O5S. The molecule has 0 aromatic heterocycles. The zero-order valence-corrected chi connectivity index (χ0v) is 21.1. The molecule has 0 saturated carbocycles. The van der Waals surface area contributed by atoms with Gasteiger partial charge in [0.2, 0.25) is 11.8 Å². The van der Waals surface area contributed by atoms with Crippen molar-refractivity contribution in [2.45, 2.75) is 68.5 Å². The number of esters is 1. The van der Waals surface area contributed by atoms with Crippen LogP contribution < -0.4 is 0 Å². The number of carbonyl (C=O) groups is 3. The predicted molar refractivity (Wildman–Crippen MR) is 130 cm³/mol. The van der Waals surface area contributed by atoms with Crippen LogP contribution in [-0.2, 0) is 19.1 Å². The molecule has 0 aliphatic carbocycles. The summed E-state index contributed by atoms with van der Waals surface area (Å²) in [4.78, 5) is 44.5. The van der Waals surface area contributed by atoms with Crippen molar-refractivity contribution in [2.24, 2.45) is 17.8 Å². The van der Waals surface area contributed by atoms with Crippen molar-refractivity contribution in [3.63, 3.8) is 0 Å². The summed E-state index contributed by atoms with van der Waals surface area (Å²) >= 11 is 1.64. The number of fused-ring (bicyclic) bond motifs is 1. The van der Waals surface area contributed by atoms with E-state index in [4.69, 9.17) is 4.74 Å². The predicted octanol–water partition coefficient (Wildman–Crippen LogP) is 2.64. The standard InChI is InChI=1S/C25H38N2O5S/c1-7-9-14-32-23(31)18-17-15-16(3)25(33-17)19(18)21(29)26(12-10-13-28)20(25)22(30)27(11-8-2)24(4,5)6/h7-8,16-20,28H,1-2,9-15H2,3-6H3/t16?,17-,18+,19-,20?,25?/m0/s1. The van der Waals surface area contributed by atoms with E-state index in [-0.39, 0.29) is 48.7 Å². The number of ether oxygens (including phenoxy) is 1. The van der Waals surface area contributed by atoms with E-state index in [2.05, 4.69) is 20.1 Å². The molecule has 0 radical (unpaired) electrons. The molecule has 3 heterocycles. The van der Waals surface area contributed by atoms with Crippen LogP contribution in [0.5, 0.6) is 0 Å². The fraction of sp³-hybridized carbons (Fsp3) is 0.720. The zero-order chi connectivity index (χ0) is 24.6. The number of aliphatic hydroxyl groups excluding tert-OH is 1. The van der Waals surface area contributed by atoms with Crippen LogP contribution >= 0.6 is 11.8 Å². The summed E-state index contributed by atoms with van der Waals surface area (Å²) in [5, 5.41) is 9.43. The Morgan fingerprint density at radius 2 is 2.03 bits per heavy atom. The van der Waals surface area contributed by atoms with Crippen LogP contribution in [0.3, 0.4) is 0 Å². The number of likely N-dealkylation sites (tertiary alicyclic amines) is 1. The Morgan fingerprint density at radius 1 is 1.33 bits per heavy atom. The lowest BCUT2D eigenvalue weighted by atomic mass is 9.66. The second-order valence-electron chi connectivity index (χ2n) is 10.3. The SMILES string of the molecule is C=CCCOC(=O)[C@@H]1[C@@H]2CC(C)C3(S2)C(C(=O)N(CC=C)C(C)(C)C)N(CCCO)C(=O)[C@H]13. The van der Waals surface area contributed by atoms with Crippen LogP contribution in [0.4, 0.5) is 0 Å². The van der Waals surface area contributed by atoms with E-state index in [1.165, 1.54) is 0 Å². The fourth-order valence-electron chi connectivity index (χ4n) is 5.86. The number of nitrogens with zero attached hydrogens (tertiary/aromatic N) is 2. The van der Waals surface area contributed by atoms with E-state index >= 15 is 0 Å². The van der Waals surface area contributed by atoms with E-state index in [1.807, 2.05) is 20.8 Å². The van der Waals surface area contributed by atoms with Gasteiger partial charge in [0.15, 0.2) is 0 Å². The summed E-state index contributed by atoms with van der Waals surface area (Å²) in [7, 11) is 0. The van der Waals surface area contributed by atoms with Crippen molar-refractivity contribution in [3.05, 3.63) is 25.3 Å². The first-order chi connectivity index (χ1) is 15.6. The third-order valence-corrected chi connectivity index (χ3v) is 9.34. The third-order valence-electron chi connectivity index (χ3n) is 7.26. The number of carbonyl (C=O) groups excluding carboxylic acids is 3. The lowest BCUT2D eigenvalue weighted by molar-refractivity contribution is -0.154. The van der Waals surface area contributed by atoms with Crippen molar-refractivity contribution in [1.29, 1.82) is 0 Å². The van der Waals surface area contributed by atoms with Crippen molar-refractivity contribution >= 4 is 29.5 Å². The highest BCUT2D eigenvalue weighted by atomic mass is 32.2. The number of thioether (sulfide) groups is 1. The molecule has 0 aromatic carbocycles. The van der Waals surface area contributed by atoms with Gasteiger partial charge in [0.1, 0.15) is 6.04 Å². The Hall–Kier alpha value is -1.80. The van der Waals surface area contributed by atoms with Gasteiger partial charge >= 0.3 is 5.97 Å². The Balaban J connectivity index is 2.04. The van der Waals surface area contributed by atoms with Crippen LogP contribution in [0.1, 0.15) is 47.0 Å².